The van der Waals surface area contributed by atoms with Crippen LogP contribution < -0.4 is 97.8 Å². The van der Waals surface area contributed by atoms with Crippen molar-refractivity contribution >= 4 is 131 Å². The lowest BCUT2D eigenvalue weighted by Crippen LogP contribution is -2.61. The van der Waals surface area contributed by atoms with Crippen LogP contribution in [0.3, 0.4) is 0 Å². The summed E-state index contributed by atoms with van der Waals surface area (Å²) in [6.45, 7) is 3.99. The summed E-state index contributed by atoms with van der Waals surface area (Å²) in [5.74, 6) is -18.6. The highest BCUT2D eigenvalue weighted by Crippen LogP contribution is 2.20. The number of aromatic amines is 1. The van der Waals surface area contributed by atoms with Gasteiger partial charge in [0.25, 0.3) is 0 Å². The minimum atomic E-state index is -2.02. The number of rotatable bonds is 50. The first-order valence-corrected chi connectivity index (χ1v) is 36.2. The number of imidazole rings is 1. The monoisotopic (exact) mass is 1560 g/mol. The maximum atomic E-state index is 14.1. The summed E-state index contributed by atoms with van der Waals surface area (Å²) in [5.41, 5.74) is 27.9. The number of nitrogens with zero attached hydrogens (tertiary/aromatic N) is 3. The van der Waals surface area contributed by atoms with E-state index in [9.17, 15) is 96.8 Å². The number of carboxylic acids is 2. The smallest absolute Gasteiger partial charge is 0.322 e. The molecule has 1 aromatic heterocycles. The number of amides is 15. The zero-order valence-electron chi connectivity index (χ0n) is 60.3. The molecule has 0 bridgehead atoms. The van der Waals surface area contributed by atoms with Crippen LogP contribution in [0.1, 0.15) is 111 Å². The SMILES string of the molecule is CSCC[C@H](NC(=O)[C@@H](N)CCCCN)C(=O)N[C@H](C(=O)N[C@@H](C)C(=O)N[C@@H](CO)C(=O)N1CCC[C@H]1C(=O)N[C@@H](CC(=O)O)C(=O)N[C@@H](CO)C(=O)N[C@@H](Cc1cnc[nH]1)C(=O)N[C@@H](C)C(=O)N[C@@H](CCCN=C(N)N)C(=O)N[C@@H](CS)C(=O)N[C@@H](C)C(=O)N[C@@H](CCC(N)=O)C(=O)NCC(=O)O)C(C)C. The van der Waals surface area contributed by atoms with Gasteiger partial charge in [0.1, 0.15) is 85.1 Å². The lowest BCUT2D eigenvalue weighted by Gasteiger charge is -2.30. The lowest BCUT2D eigenvalue weighted by atomic mass is 10.0. The van der Waals surface area contributed by atoms with E-state index in [-0.39, 0.29) is 63.3 Å². The van der Waals surface area contributed by atoms with E-state index >= 15 is 0 Å². The number of aliphatic carboxylic acids is 2. The summed E-state index contributed by atoms with van der Waals surface area (Å²) in [4.78, 5) is 237. The second kappa shape index (κ2) is 48.3. The van der Waals surface area contributed by atoms with Crippen LogP contribution >= 0.6 is 24.4 Å². The molecule has 15 amide bonds. The summed E-state index contributed by atoms with van der Waals surface area (Å²) in [5, 5.41) is 70.4. The number of nitrogens with two attached hydrogens (primary N) is 5. The van der Waals surface area contributed by atoms with Gasteiger partial charge in [-0.15, -0.1) is 0 Å². The van der Waals surface area contributed by atoms with Crippen molar-refractivity contribution in [3.05, 3.63) is 18.2 Å². The van der Waals surface area contributed by atoms with Crippen LogP contribution in [0.5, 0.6) is 0 Å². The van der Waals surface area contributed by atoms with Crippen LogP contribution in [0.2, 0.25) is 0 Å². The molecule has 2 rings (SSSR count). The molecule has 0 aliphatic carbocycles. The molecular formula is C62H104N22O21S2. The first kappa shape index (κ1) is 93.1. The molecule has 107 heavy (non-hydrogen) atoms. The fourth-order valence-corrected chi connectivity index (χ4v) is 10.9. The first-order chi connectivity index (χ1) is 50.4. The largest absolute Gasteiger partial charge is 0.481 e. The van der Waals surface area contributed by atoms with Gasteiger partial charge >= 0.3 is 11.9 Å². The molecule has 28 N–H and O–H groups in total. The molecule has 2 heterocycles. The Labute approximate surface area is 625 Å². The highest BCUT2D eigenvalue weighted by Gasteiger charge is 2.41. The fraction of sp³-hybridized carbons (Fsp3) is 0.661. The molecule has 0 unspecified atom stereocenters. The van der Waals surface area contributed by atoms with Crippen LogP contribution in [-0.4, -0.2) is 284 Å². The normalized spacial score (nSPS) is 16.1. The van der Waals surface area contributed by atoms with E-state index < -0.39 is 236 Å². The zero-order valence-corrected chi connectivity index (χ0v) is 62.0. The summed E-state index contributed by atoms with van der Waals surface area (Å²) in [7, 11) is 0. The minimum absolute atomic E-state index is 0.0279. The number of aromatic nitrogens is 2. The molecule has 1 aliphatic heterocycles. The average Bonchev–Trinajstić information content (AvgIpc) is 1.79. The van der Waals surface area contributed by atoms with E-state index in [1.165, 1.54) is 45.1 Å². The van der Waals surface area contributed by atoms with E-state index in [1.54, 1.807) is 20.1 Å². The van der Waals surface area contributed by atoms with Crippen molar-refractivity contribution in [2.45, 2.75) is 196 Å². The summed E-state index contributed by atoms with van der Waals surface area (Å²) >= 11 is 5.56. The van der Waals surface area contributed by atoms with Gasteiger partial charge in [-0.05, 0) is 96.6 Å². The van der Waals surface area contributed by atoms with Crippen LogP contribution in [0, 0.1) is 5.92 Å². The molecule has 14 atom stereocenters. The molecule has 43 nitrogen and oxygen atoms in total. The van der Waals surface area contributed by atoms with E-state index in [2.05, 4.69) is 96.7 Å². The Morgan fingerprint density at radius 3 is 1.62 bits per heavy atom. The van der Waals surface area contributed by atoms with Crippen molar-refractivity contribution in [3.8, 4) is 0 Å². The molecular weight excluding hydrogens is 1450 g/mol. The molecule has 1 aromatic rings. The Bertz CT molecular complexity index is 3260. The Morgan fingerprint density at radius 1 is 0.589 bits per heavy atom. The van der Waals surface area contributed by atoms with Gasteiger partial charge in [-0.25, -0.2) is 4.98 Å². The van der Waals surface area contributed by atoms with Gasteiger partial charge in [0, 0.05) is 43.6 Å². The number of carboxylic acid groups (broad SMARTS) is 2. The van der Waals surface area contributed by atoms with Crippen LogP contribution in [0.4, 0.5) is 0 Å². The highest BCUT2D eigenvalue weighted by molar-refractivity contribution is 7.98. The Balaban J connectivity index is 2.26. The fourth-order valence-electron chi connectivity index (χ4n) is 10.2. The van der Waals surface area contributed by atoms with E-state index in [4.69, 9.17) is 33.8 Å². The third-order valence-electron chi connectivity index (χ3n) is 16.2. The second-order valence-electron chi connectivity index (χ2n) is 25.3. The van der Waals surface area contributed by atoms with Gasteiger partial charge in [0.05, 0.1) is 32.0 Å². The number of carbonyl (C=O) groups is 17. The molecule has 0 saturated carbocycles. The standard InChI is InChI=1S/C62H104N22O21S2/c1-29(2)47(83-54(98)37(16-20-107-6)77-51(95)34(64)11-7-8-17-63)60(104)74-32(5)50(94)81-41(26-86)61(105)84-19-10-13-43(84)59(103)79-39(22-45(88)89)56(100)80-40(25-85)57(101)78-38(21-33-23-68-28-71-33)55(99)72-30(3)48(92)75-35(12-9-18-69-62(66)67)53(97)82-42(27-106)58(102)73-31(4)49(93)76-36(14-15-44(65)87)52(96)70-24-46(90)91/h23,28-32,34-43,47,85-86,106H,7-22,24-27,63-64H2,1-6H3,(H2,65,87)(H,68,71)(H,70,96)(H,72,99)(H,73,102)(H,74,104)(H,75,92)(H,76,93)(H,77,95)(H,78,101)(H,79,103)(H,80,100)(H,81,94)(H,82,97)(H,83,98)(H,88,89)(H,90,91)(H4,66,67,69)/t30-,31-,32-,34-,35-,36-,37-,38-,39-,40-,41-,42-,43-,47-/m0/s1. The predicted octanol–water partition coefficient (Wildman–Crippen LogP) is -10.4. The number of aliphatic imine (C=N–C) groups is 1. The van der Waals surface area contributed by atoms with E-state index in [0.29, 0.717) is 31.6 Å². The van der Waals surface area contributed by atoms with Crippen molar-refractivity contribution in [3.63, 3.8) is 0 Å². The number of primary amides is 1. The molecule has 600 valence electrons. The quantitative estimate of drug-likeness (QED) is 0.0125. The van der Waals surface area contributed by atoms with Crippen LogP contribution in [0.15, 0.2) is 17.5 Å². The van der Waals surface area contributed by atoms with Gasteiger partial charge in [0.2, 0.25) is 88.6 Å². The van der Waals surface area contributed by atoms with Crippen molar-refractivity contribution in [1.82, 2.24) is 84.0 Å². The summed E-state index contributed by atoms with van der Waals surface area (Å²) in [6.07, 6.45) is 3.61. The highest BCUT2D eigenvalue weighted by atomic mass is 32.2. The lowest BCUT2D eigenvalue weighted by molar-refractivity contribution is -0.144. The van der Waals surface area contributed by atoms with E-state index in [1.807, 2.05) is 0 Å². The van der Waals surface area contributed by atoms with Crippen molar-refractivity contribution in [2.75, 3.05) is 57.2 Å². The second-order valence-corrected chi connectivity index (χ2v) is 26.6. The van der Waals surface area contributed by atoms with Gasteiger partial charge in [-0.3, -0.25) is 86.5 Å². The van der Waals surface area contributed by atoms with Crippen molar-refractivity contribution in [1.29, 1.82) is 0 Å². The van der Waals surface area contributed by atoms with Crippen LogP contribution in [-0.2, 0) is 87.9 Å². The number of aliphatic hydroxyl groups excluding tert-OH is 2. The topological polar surface area (TPSA) is 702 Å². The Kier molecular flexibility index (Phi) is 42.0. The Hall–Kier alpha value is -9.99. The molecule has 1 fully saturated rings. The number of H-pyrrole nitrogens is 1. The number of guanidine groups is 1. The number of carbonyl (C=O) groups excluding carboxylic acids is 15. The van der Waals surface area contributed by atoms with Crippen molar-refractivity contribution < 1.29 is 102 Å². The molecule has 0 spiro atoms. The molecule has 1 saturated heterocycles. The van der Waals surface area contributed by atoms with Gasteiger partial charge in [0.15, 0.2) is 5.96 Å². The number of nitrogens with one attached hydrogen (secondary N) is 14. The maximum Gasteiger partial charge on any atom is 0.322 e. The number of likely N-dealkylation sites (tertiary alicyclic amines) is 1. The molecule has 1 aliphatic rings. The van der Waals surface area contributed by atoms with Gasteiger partial charge in [-0.2, -0.15) is 24.4 Å². The first-order valence-electron chi connectivity index (χ1n) is 34.2. The van der Waals surface area contributed by atoms with Gasteiger partial charge in [-0.1, -0.05) is 20.3 Å². The molecule has 45 heteroatoms. The number of unbranched alkanes of at least 4 members (excludes halogenated alkanes) is 1. The zero-order chi connectivity index (χ0) is 80.8. The van der Waals surface area contributed by atoms with Crippen LogP contribution in [0.25, 0.3) is 0 Å². The maximum absolute atomic E-state index is 14.1. The number of thiol groups is 1. The number of aliphatic hydroxyl groups is 2. The van der Waals surface area contributed by atoms with Crippen molar-refractivity contribution in [2.24, 2.45) is 39.6 Å². The third-order valence-corrected chi connectivity index (χ3v) is 17.3. The van der Waals surface area contributed by atoms with Gasteiger partial charge < -0.3 is 128 Å². The molecule has 0 aromatic carbocycles. The van der Waals surface area contributed by atoms with E-state index in [0.717, 1.165) is 4.90 Å². The minimum Gasteiger partial charge on any atom is -0.481 e. The Morgan fingerprint density at radius 2 is 1.09 bits per heavy atom. The number of hydrogen-bond acceptors (Lipinski definition) is 25. The number of thioether (sulfide) groups is 1. The molecule has 0 radical (unpaired) electrons. The number of hydrogen-bond donors (Lipinski definition) is 24. The summed E-state index contributed by atoms with van der Waals surface area (Å²) < 4.78 is 0. The average molecular weight is 1560 g/mol. The third kappa shape index (κ3) is 33.6. The summed E-state index contributed by atoms with van der Waals surface area (Å²) in [6, 6.07) is -21.0. The predicted molar refractivity (Wildman–Crippen MR) is 385 cm³/mol.